The Bertz CT molecular complexity index is 1180. The minimum atomic E-state index is 0.152. The molecule has 1 saturated heterocycles. The Hall–Kier alpha value is -3.50. The Morgan fingerprint density at radius 3 is 2.25 bits per heavy atom. The summed E-state index contributed by atoms with van der Waals surface area (Å²) in [6.07, 6.45) is 1.64. The number of hydrogen-bond acceptors (Lipinski definition) is 7. The quantitative estimate of drug-likeness (QED) is 0.655. The number of benzene rings is 2. The summed E-state index contributed by atoms with van der Waals surface area (Å²) in [7, 11) is 4.91. The zero-order valence-corrected chi connectivity index (χ0v) is 19.2. The molecule has 1 atom stereocenters. The standard InChI is InChI=1S/C25H28N4O3/c1-15-8-17(9-16(2)24(15)32-5)21-14-29(7-6-27-21)25-20-11-23(31-4)22(30-3)10-19(20)18(12-26)13-28-25/h8-11,13,21,27H,6-7,14H2,1-5H3. The molecule has 166 valence electrons. The number of aryl methyl sites for hydroxylation is 2. The van der Waals surface area contributed by atoms with Crippen molar-refractivity contribution in [2.24, 2.45) is 0 Å². The van der Waals surface area contributed by atoms with E-state index in [1.165, 1.54) is 5.56 Å². The van der Waals surface area contributed by atoms with Crippen LogP contribution in [0.2, 0.25) is 0 Å². The molecule has 7 nitrogen and oxygen atoms in total. The van der Waals surface area contributed by atoms with E-state index in [0.717, 1.165) is 53.1 Å². The molecule has 32 heavy (non-hydrogen) atoms. The van der Waals surface area contributed by atoms with Crippen LogP contribution < -0.4 is 24.4 Å². The van der Waals surface area contributed by atoms with Crippen LogP contribution in [0.3, 0.4) is 0 Å². The van der Waals surface area contributed by atoms with Crippen LogP contribution in [-0.4, -0.2) is 45.9 Å². The largest absolute Gasteiger partial charge is 0.496 e. The van der Waals surface area contributed by atoms with Crippen LogP contribution in [0.4, 0.5) is 5.82 Å². The lowest BCUT2D eigenvalue weighted by atomic mass is 9.98. The molecule has 0 bridgehead atoms. The van der Waals surface area contributed by atoms with Gasteiger partial charge in [-0.15, -0.1) is 0 Å². The lowest BCUT2D eigenvalue weighted by molar-refractivity contribution is 0.356. The van der Waals surface area contributed by atoms with Crippen LogP contribution in [0.15, 0.2) is 30.5 Å². The van der Waals surface area contributed by atoms with Crippen molar-refractivity contribution in [3.63, 3.8) is 0 Å². The second-order valence-corrected chi connectivity index (χ2v) is 8.00. The first kappa shape index (κ1) is 21.7. The van der Waals surface area contributed by atoms with E-state index in [2.05, 4.69) is 47.3 Å². The summed E-state index contributed by atoms with van der Waals surface area (Å²) in [6, 6.07) is 10.5. The third-order valence-electron chi connectivity index (χ3n) is 6.06. The van der Waals surface area contributed by atoms with Crippen molar-refractivity contribution in [1.29, 1.82) is 5.26 Å². The number of aromatic nitrogens is 1. The summed E-state index contributed by atoms with van der Waals surface area (Å²) in [6.45, 7) is 6.54. The SMILES string of the molecule is COc1cc2c(C#N)cnc(N3CCNC(c4cc(C)c(OC)c(C)c4)C3)c2cc1OC. The maximum absolute atomic E-state index is 9.62. The van der Waals surface area contributed by atoms with Crippen LogP contribution in [0.1, 0.15) is 28.3 Å². The molecule has 7 heteroatoms. The van der Waals surface area contributed by atoms with Crippen LogP contribution in [0.5, 0.6) is 17.2 Å². The van der Waals surface area contributed by atoms with Crippen LogP contribution in [0, 0.1) is 25.2 Å². The normalized spacial score (nSPS) is 16.0. The van der Waals surface area contributed by atoms with Gasteiger partial charge in [0, 0.05) is 42.6 Å². The monoisotopic (exact) mass is 432 g/mol. The van der Waals surface area contributed by atoms with Gasteiger partial charge in [0.1, 0.15) is 17.6 Å². The Balaban J connectivity index is 1.75. The molecule has 2 aromatic carbocycles. The zero-order valence-electron chi connectivity index (χ0n) is 19.2. The van der Waals surface area contributed by atoms with Crippen molar-refractivity contribution in [1.82, 2.24) is 10.3 Å². The van der Waals surface area contributed by atoms with Gasteiger partial charge in [0.05, 0.1) is 26.9 Å². The predicted molar refractivity (Wildman–Crippen MR) is 125 cm³/mol. The van der Waals surface area contributed by atoms with Crippen molar-refractivity contribution >= 4 is 16.6 Å². The van der Waals surface area contributed by atoms with E-state index in [4.69, 9.17) is 14.2 Å². The van der Waals surface area contributed by atoms with Gasteiger partial charge in [0.25, 0.3) is 0 Å². The molecule has 4 rings (SSSR count). The van der Waals surface area contributed by atoms with Crippen LogP contribution in [0.25, 0.3) is 10.8 Å². The van der Waals surface area contributed by atoms with Crippen molar-refractivity contribution < 1.29 is 14.2 Å². The van der Waals surface area contributed by atoms with Gasteiger partial charge in [0.2, 0.25) is 0 Å². The molecule has 0 saturated carbocycles. The molecule has 0 amide bonds. The predicted octanol–water partition coefficient (Wildman–Crippen LogP) is 3.90. The molecule has 2 heterocycles. The second kappa shape index (κ2) is 8.93. The smallest absolute Gasteiger partial charge is 0.161 e. The van der Waals surface area contributed by atoms with E-state index in [-0.39, 0.29) is 6.04 Å². The molecule has 0 aliphatic carbocycles. The van der Waals surface area contributed by atoms with Crippen molar-refractivity contribution in [3.05, 3.63) is 52.7 Å². The Morgan fingerprint density at radius 1 is 1.00 bits per heavy atom. The Labute approximate surface area is 188 Å². The highest BCUT2D eigenvalue weighted by molar-refractivity contribution is 5.98. The van der Waals surface area contributed by atoms with E-state index >= 15 is 0 Å². The van der Waals surface area contributed by atoms with Gasteiger partial charge in [-0.05, 0) is 42.7 Å². The number of anilines is 1. The molecule has 0 spiro atoms. The lowest BCUT2D eigenvalue weighted by Crippen LogP contribution is -2.46. The molecule has 0 radical (unpaired) electrons. The lowest BCUT2D eigenvalue weighted by Gasteiger charge is -2.35. The zero-order chi connectivity index (χ0) is 22.8. The number of fused-ring (bicyclic) bond motifs is 1. The first-order valence-electron chi connectivity index (χ1n) is 10.6. The Kier molecular flexibility index (Phi) is 6.06. The third kappa shape index (κ3) is 3.78. The summed E-state index contributed by atoms with van der Waals surface area (Å²) < 4.78 is 16.5. The first-order valence-corrected chi connectivity index (χ1v) is 10.6. The summed E-state index contributed by atoms with van der Waals surface area (Å²) in [4.78, 5) is 6.95. The van der Waals surface area contributed by atoms with E-state index in [1.54, 1.807) is 27.5 Å². The third-order valence-corrected chi connectivity index (χ3v) is 6.06. The topological polar surface area (TPSA) is 79.6 Å². The highest BCUT2D eigenvalue weighted by Gasteiger charge is 2.25. The molecule has 1 fully saturated rings. The van der Waals surface area contributed by atoms with Gasteiger partial charge in [-0.1, -0.05) is 12.1 Å². The highest BCUT2D eigenvalue weighted by atomic mass is 16.5. The molecule has 1 aliphatic rings. The van der Waals surface area contributed by atoms with Gasteiger partial charge in [-0.3, -0.25) is 0 Å². The van der Waals surface area contributed by atoms with Gasteiger partial charge in [0.15, 0.2) is 11.5 Å². The Morgan fingerprint density at radius 2 is 1.66 bits per heavy atom. The number of nitrogens with zero attached hydrogens (tertiary/aromatic N) is 3. The van der Waals surface area contributed by atoms with Gasteiger partial charge in [-0.25, -0.2) is 4.98 Å². The number of nitriles is 1. The minimum absolute atomic E-state index is 0.152. The van der Waals surface area contributed by atoms with Crippen molar-refractivity contribution in [2.45, 2.75) is 19.9 Å². The van der Waals surface area contributed by atoms with Crippen LogP contribution in [-0.2, 0) is 0 Å². The summed E-state index contributed by atoms with van der Waals surface area (Å²) in [5.74, 6) is 2.98. The van der Waals surface area contributed by atoms with Gasteiger partial charge >= 0.3 is 0 Å². The molecule has 1 N–H and O–H groups in total. The molecule has 1 unspecified atom stereocenters. The average molecular weight is 433 g/mol. The second-order valence-electron chi connectivity index (χ2n) is 8.00. The van der Waals surface area contributed by atoms with E-state index in [9.17, 15) is 5.26 Å². The average Bonchev–Trinajstić information content (AvgIpc) is 2.82. The number of methoxy groups -OCH3 is 3. The fourth-order valence-corrected chi connectivity index (χ4v) is 4.57. The number of pyridine rings is 1. The summed E-state index contributed by atoms with van der Waals surface area (Å²) in [5.41, 5.74) is 3.99. The molecule has 3 aromatic rings. The van der Waals surface area contributed by atoms with Crippen LogP contribution >= 0.6 is 0 Å². The number of rotatable bonds is 5. The van der Waals surface area contributed by atoms with E-state index in [0.29, 0.717) is 17.1 Å². The van der Waals surface area contributed by atoms with Gasteiger partial charge in [-0.2, -0.15) is 5.26 Å². The number of ether oxygens (including phenoxy) is 3. The first-order chi connectivity index (χ1) is 15.5. The maximum Gasteiger partial charge on any atom is 0.161 e. The summed E-state index contributed by atoms with van der Waals surface area (Å²) >= 11 is 0. The molecular formula is C25H28N4O3. The van der Waals surface area contributed by atoms with Crippen molar-refractivity contribution in [3.8, 4) is 23.3 Å². The van der Waals surface area contributed by atoms with Gasteiger partial charge < -0.3 is 24.4 Å². The number of piperazine rings is 1. The van der Waals surface area contributed by atoms with E-state index < -0.39 is 0 Å². The minimum Gasteiger partial charge on any atom is -0.496 e. The fraction of sp³-hybridized carbons (Fsp3) is 0.360. The number of hydrogen-bond donors (Lipinski definition) is 1. The molecule has 1 aromatic heterocycles. The molecular weight excluding hydrogens is 404 g/mol. The van der Waals surface area contributed by atoms with Crippen molar-refractivity contribution in [2.75, 3.05) is 45.9 Å². The molecule has 1 aliphatic heterocycles. The summed E-state index contributed by atoms with van der Waals surface area (Å²) in [5, 5.41) is 14.9. The fourth-order valence-electron chi connectivity index (χ4n) is 4.57. The van der Waals surface area contributed by atoms with E-state index in [1.807, 2.05) is 12.1 Å². The maximum atomic E-state index is 9.62. The highest BCUT2D eigenvalue weighted by Crippen LogP contribution is 2.38. The number of nitrogens with one attached hydrogen (secondary N) is 1.